The number of anilines is 1. The minimum atomic E-state index is -3.75. The van der Waals surface area contributed by atoms with Crippen molar-refractivity contribution in [1.29, 1.82) is 0 Å². The molecule has 6 nitrogen and oxygen atoms in total. The largest absolute Gasteiger partial charge is 0.486 e. The smallest absolute Gasteiger partial charge is 0.264 e. The second kappa shape index (κ2) is 7.84. The third-order valence-corrected chi connectivity index (χ3v) is 6.57. The van der Waals surface area contributed by atoms with Gasteiger partial charge in [-0.05, 0) is 56.2 Å². The number of nitrogens with zero attached hydrogens (tertiary/aromatic N) is 2. The summed E-state index contributed by atoms with van der Waals surface area (Å²) in [5.41, 5.74) is 2.40. The molecule has 0 aliphatic rings. The van der Waals surface area contributed by atoms with Crippen LogP contribution in [-0.4, -0.2) is 18.6 Å². The van der Waals surface area contributed by atoms with Gasteiger partial charge >= 0.3 is 0 Å². The minimum Gasteiger partial charge on any atom is -0.486 e. The number of ether oxygens (including phenoxy) is 1. The molecule has 0 saturated heterocycles. The number of hydrogen-bond acceptors (Lipinski definition) is 6. The molecule has 0 radical (unpaired) electrons. The first-order chi connectivity index (χ1) is 12.7. The van der Waals surface area contributed by atoms with Gasteiger partial charge in [0.25, 0.3) is 10.0 Å². The molecule has 0 saturated carbocycles. The quantitative estimate of drug-likeness (QED) is 0.631. The summed E-state index contributed by atoms with van der Waals surface area (Å²) < 4.78 is 33.6. The van der Waals surface area contributed by atoms with Gasteiger partial charge in [-0.15, -0.1) is 10.2 Å². The van der Waals surface area contributed by atoms with Gasteiger partial charge in [0.2, 0.25) is 5.13 Å². The number of aromatic nitrogens is 2. The molecule has 2 aromatic carbocycles. The minimum absolute atomic E-state index is 0.184. The lowest BCUT2D eigenvalue weighted by Crippen LogP contribution is -2.15. The number of sulfonamides is 1. The fourth-order valence-corrected chi connectivity index (χ4v) is 5.25. The van der Waals surface area contributed by atoms with Crippen molar-refractivity contribution in [3.63, 3.8) is 0 Å². The lowest BCUT2D eigenvalue weighted by Gasteiger charge is -2.12. The van der Waals surface area contributed by atoms with Crippen LogP contribution in [-0.2, 0) is 16.6 Å². The second-order valence-electron chi connectivity index (χ2n) is 6.08. The maximum atomic E-state index is 12.8. The predicted octanol–water partition coefficient (Wildman–Crippen LogP) is 4.50. The van der Waals surface area contributed by atoms with E-state index in [2.05, 4.69) is 14.9 Å². The van der Waals surface area contributed by atoms with Crippen molar-refractivity contribution in [2.45, 2.75) is 32.3 Å². The van der Waals surface area contributed by atoms with E-state index in [1.54, 1.807) is 38.1 Å². The van der Waals surface area contributed by atoms with Crippen LogP contribution >= 0.6 is 22.9 Å². The van der Waals surface area contributed by atoms with Gasteiger partial charge in [0.1, 0.15) is 12.4 Å². The molecular weight excluding hydrogens is 406 g/mol. The molecule has 0 amide bonds. The summed E-state index contributed by atoms with van der Waals surface area (Å²) in [6.45, 7) is 5.67. The van der Waals surface area contributed by atoms with Gasteiger partial charge in [-0.2, -0.15) is 0 Å². The van der Waals surface area contributed by atoms with Crippen LogP contribution in [0.4, 0.5) is 5.13 Å². The van der Waals surface area contributed by atoms with Gasteiger partial charge in [-0.25, -0.2) is 8.42 Å². The predicted molar refractivity (Wildman–Crippen MR) is 107 cm³/mol. The van der Waals surface area contributed by atoms with Gasteiger partial charge in [0.05, 0.1) is 4.90 Å². The number of hydrogen-bond donors (Lipinski definition) is 1. The van der Waals surface area contributed by atoms with Crippen LogP contribution in [0.15, 0.2) is 41.3 Å². The molecule has 1 heterocycles. The Labute approximate surface area is 167 Å². The van der Waals surface area contributed by atoms with Gasteiger partial charge < -0.3 is 4.74 Å². The van der Waals surface area contributed by atoms with Gasteiger partial charge in [0.15, 0.2) is 5.01 Å². The van der Waals surface area contributed by atoms with Crippen molar-refractivity contribution >= 4 is 38.1 Å². The maximum absolute atomic E-state index is 12.8. The van der Waals surface area contributed by atoms with Crippen molar-refractivity contribution in [3.05, 3.63) is 63.1 Å². The molecule has 1 aromatic heterocycles. The molecular formula is C18H18ClN3O3S2. The van der Waals surface area contributed by atoms with Crippen molar-refractivity contribution in [2.75, 3.05) is 4.72 Å². The summed E-state index contributed by atoms with van der Waals surface area (Å²) in [6.07, 6.45) is 0. The Bertz CT molecular complexity index is 1040. The number of aryl methyl sites for hydroxylation is 3. The van der Waals surface area contributed by atoms with Crippen LogP contribution < -0.4 is 9.46 Å². The summed E-state index contributed by atoms with van der Waals surface area (Å²) in [4.78, 5) is 0.266. The topological polar surface area (TPSA) is 81.2 Å². The summed E-state index contributed by atoms with van der Waals surface area (Å²) in [7, 11) is -3.75. The third-order valence-electron chi connectivity index (χ3n) is 3.74. The summed E-state index contributed by atoms with van der Waals surface area (Å²) in [6, 6.07) is 10.6. The monoisotopic (exact) mass is 423 g/mol. The van der Waals surface area contributed by atoms with E-state index in [4.69, 9.17) is 16.3 Å². The lowest BCUT2D eigenvalue weighted by molar-refractivity contribution is 0.304. The highest BCUT2D eigenvalue weighted by Crippen LogP contribution is 2.26. The van der Waals surface area contributed by atoms with Crippen LogP contribution in [0.1, 0.15) is 21.7 Å². The molecule has 27 heavy (non-hydrogen) atoms. The van der Waals surface area contributed by atoms with Gasteiger partial charge in [-0.1, -0.05) is 40.6 Å². The molecule has 0 unspecified atom stereocenters. The van der Waals surface area contributed by atoms with Crippen molar-refractivity contribution in [2.24, 2.45) is 0 Å². The molecule has 3 rings (SSSR count). The second-order valence-corrected chi connectivity index (χ2v) is 9.19. The zero-order valence-corrected chi connectivity index (χ0v) is 17.4. The Morgan fingerprint density at radius 2 is 1.70 bits per heavy atom. The maximum Gasteiger partial charge on any atom is 0.264 e. The van der Waals surface area contributed by atoms with Crippen LogP contribution in [0.5, 0.6) is 5.75 Å². The van der Waals surface area contributed by atoms with Crippen LogP contribution in [0.3, 0.4) is 0 Å². The molecule has 142 valence electrons. The van der Waals surface area contributed by atoms with Crippen molar-refractivity contribution in [1.82, 2.24) is 10.2 Å². The molecule has 0 spiro atoms. The van der Waals surface area contributed by atoms with Crippen molar-refractivity contribution in [3.8, 4) is 5.75 Å². The normalized spacial score (nSPS) is 11.4. The molecule has 3 aromatic rings. The fourth-order valence-electron chi connectivity index (χ4n) is 2.79. The average Bonchev–Trinajstić information content (AvgIpc) is 2.99. The van der Waals surface area contributed by atoms with E-state index in [1.807, 2.05) is 19.1 Å². The van der Waals surface area contributed by atoms with Gasteiger partial charge in [-0.3, -0.25) is 4.72 Å². The zero-order valence-electron chi connectivity index (χ0n) is 15.0. The molecule has 0 aliphatic heterocycles. The van der Waals surface area contributed by atoms with Gasteiger partial charge in [0, 0.05) is 5.02 Å². The van der Waals surface area contributed by atoms with E-state index in [0.29, 0.717) is 26.9 Å². The molecule has 0 atom stereocenters. The molecule has 0 aliphatic carbocycles. The highest BCUT2D eigenvalue weighted by molar-refractivity contribution is 7.93. The number of rotatable bonds is 6. The van der Waals surface area contributed by atoms with Crippen LogP contribution in [0.2, 0.25) is 5.02 Å². The van der Waals surface area contributed by atoms with E-state index in [1.165, 1.54) is 0 Å². The first-order valence-electron chi connectivity index (χ1n) is 8.06. The molecule has 1 N–H and O–H groups in total. The third kappa shape index (κ3) is 4.77. The SMILES string of the molecule is Cc1cc(C)c(S(=O)(=O)Nc2nnc(COc3ccc(Cl)cc3)s2)c(C)c1. The van der Waals surface area contributed by atoms with E-state index in [-0.39, 0.29) is 16.6 Å². The first kappa shape index (κ1) is 19.6. The Balaban J connectivity index is 1.72. The van der Waals surface area contributed by atoms with Crippen molar-refractivity contribution < 1.29 is 13.2 Å². The lowest BCUT2D eigenvalue weighted by atomic mass is 10.1. The van der Waals surface area contributed by atoms with E-state index < -0.39 is 10.0 Å². The number of benzene rings is 2. The zero-order chi connectivity index (χ0) is 19.6. The number of halogens is 1. The van der Waals surface area contributed by atoms with E-state index in [0.717, 1.165) is 16.9 Å². The molecule has 9 heteroatoms. The summed E-state index contributed by atoms with van der Waals surface area (Å²) >= 11 is 6.96. The Kier molecular flexibility index (Phi) is 5.69. The molecule has 0 fully saturated rings. The van der Waals surface area contributed by atoms with Crippen LogP contribution in [0, 0.1) is 20.8 Å². The highest BCUT2D eigenvalue weighted by Gasteiger charge is 2.21. The van der Waals surface area contributed by atoms with E-state index >= 15 is 0 Å². The fraction of sp³-hybridized carbons (Fsp3) is 0.222. The standard InChI is InChI=1S/C18H18ClN3O3S2/c1-11-8-12(2)17(13(3)9-11)27(23,24)22-18-21-20-16(26-18)10-25-15-6-4-14(19)5-7-15/h4-9H,10H2,1-3H3,(H,21,22). The van der Waals surface area contributed by atoms with E-state index in [9.17, 15) is 8.42 Å². The first-order valence-corrected chi connectivity index (χ1v) is 10.7. The summed E-state index contributed by atoms with van der Waals surface area (Å²) in [5, 5.41) is 9.26. The van der Waals surface area contributed by atoms with Crippen LogP contribution in [0.25, 0.3) is 0 Å². The summed E-state index contributed by atoms with van der Waals surface area (Å²) in [5.74, 6) is 0.641. The molecule has 0 bridgehead atoms. The Morgan fingerprint density at radius 1 is 1.07 bits per heavy atom. The highest BCUT2D eigenvalue weighted by atomic mass is 35.5. The average molecular weight is 424 g/mol. The Hall–Kier alpha value is -2.16. The number of nitrogens with one attached hydrogen (secondary N) is 1. The Morgan fingerprint density at radius 3 is 2.33 bits per heavy atom.